The summed E-state index contributed by atoms with van der Waals surface area (Å²) in [5.41, 5.74) is 7.96. The Morgan fingerprint density at radius 2 is 2.25 bits per heavy atom. The highest BCUT2D eigenvalue weighted by molar-refractivity contribution is 7.09. The Morgan fingerprint density at radius 3 is 3.15 bits per heavy atom. The third kappa shape index (κ3) is 3.17. The van der Waals surface area contributed by atoms with Crippen molar-refractivity contribution in [2.75, 3.05) is 19.7 Å². The molecule has 0 spiro atoms. The molecule has 0 amide bonds. The van der Waals surface area contributed by atoms with E-state index in [0.29, 0.717) is 6.54 Å². The van der Waals surface area contributed by atoms with E-state index in [1.165, 1.54) is 5.56 Å². The van der Waals surface area contributed by atoms with Crippen LogP contribution in [0.5, 0.6) is 5.75 Å². The monoisotopic (exact) mass is 289 g/mol. The normalized spacial score (nSPS) is 15.4. The van der Waals surface area contributed by atoms with Crippen LogP contribution in [0.4, 0.5) is 0 Å². The van der Waals surface area contributed by atoms with E-state index in [4.69, 9.17) is 10.5 Å². The van der Waals surface area contributed by atoms with Gasteiger partial charge in [-0.25, -0.2) is 4.98 Å². The van der Waals surface area contributed by atoms with Crippen LogP contribution in [0.15, 0.2) is 29.6 Å². The van der Waals surface area contributed by atoms with E-state index in [9.17, 15) is 0 Å². The third-order valence-electron chi connectivity index (χ3n) is 3.37. The Labute approximate surface area is 123 Å². The predicted molar refractivity (Wildman–Crippen MR) is 80.9 cm³/mol. The Kier molecular flexibility index (Phi) is 4.30. The van der Waals surface area contributed by atoms with Crippen molar-refractivity contribution in [2.24, 2.45) is 5.73 Å². The van der Waals surface area contributed by atoms with Gasteiger partial charge in [-0.3, -0.25) is 4.90 Å². The molecule has 0 unspecified atom stereocenters. The quantitative estimate of drug-likeness (QED) is 0.936. The molecule has 0 atom stereocenters. The Hall–Kier alpha value is -1.43. The maximum Gasteiger partial charge on any atom is 0.123 e. The average Bonchev–Trinajstić information content (AvgIpc) is 2.78. The van der Waals surface area contributed by atoms with Gasteiger partial charge in [0.15, 0.2) is 0 Å². The van der Waals surface area contributed by atoms with Crippen molar-refractivity contribution in [1.29, 1.82) is 0 Å². The summed E-state index contributed by atoms with van der Waals surface area (Å²) in [7, 11) is 0. The average molecular weight is 289 g/mol. The second kappa shape index (κ2) is 6.35. The predicted octanol–water partition coefficient (Wildman–Crippen LogP) is 2.04. The van der Waals surface area contributed by atoms with Gasteiger partial charge in [0.05, 0.1) is 10.7 Å². The molecule has 2 N–H and O–H groups in total. The summed E-state index contributed by atoms with van der Waals surface area (Å²) in [6.45, 7) is 4.12. The number of nitrogens with zero attached hydrogens (tertiary/aromatic N) is 2. The minimum Gasteiger partial charge on any atom is -0.492 e. The highest BCUT2D eigenvalue weighted by Gasteiger charge is 2.16. The van der Waals surface area contributed by atoms with Crippen LogP contribution in [-0.2, 0) is 19.5 Å². The maximum absolute atomic E-state index is 5.78. The number of thiazole rings is 1. The molecule has 0 saturated carbocycles. The fraction of sp³-hybridized carbons (Fsp3) is 0.400. The van der Waals surface area contributed by atoms with Gasteiger partial charge in [0.2, 0.25) is 0 Å². The van der Waals surface area contributed by atoms with Crippen molar-refractivity contribution in [3.63, 3.8) is 0 Å². The lowest BCUT2D eigenvalue weighted by Gasteiger charge is -2.17. The van der Waals surface area contributed by atoms with Crippen LogP contribution in [0.25, 0.3) is 0 Å². The molecule has 5 heteroatoms. The van der Waals surface area contributed by atoms with Crippen LogP contribution in [0.3, 0.4) is 0 Å². The highest BCUT2D eigenvalue weighted by Crippen LogP contribution is 2.23. The summed E-state index contributed by atoms with van der Waals surface area (Å²) in [6.07, 6.45) is 0.872. The molecular formula is C15H19N3OS. The zero-order valence-corrected chi connectivity index (χ0v) is 12.2. The lowest BCUT2D eigenvalue weighted by atomic mass is 10.2. The highest BCUT2D eigenvalue weighted by atomic mass is 32.1. The first-order valence-electron chi connectivity index (χ1n) is 6.91. The minimum atomic E-state index is 0.665. The molecule has 1 aliphatic rings. The van der Waals surface area contributed by atoms with Crippen molar-refractivity contribution in [1.82, 2.24) is 9.88 Å². The molecule has 1 aliphatic heterocycles. The smallest absolute Gasteiger partial charge is 0.123 e. The van der Waals surface area contributed by atoms with Crippen LogP contribution < -0.4 is 10.5 Å². The van der Waals surface area contributed by atoms with Gasteiger partial charge in [-0.2, -0.15) is 0 Å². The van der Waals surface area contributed by atoms with Gasteiger partial charge >= 0.3 is 0 Å². The molecule has 2 aromatic rings. The molecule has 4 nitrogen and oxygen atoms in total. The van der Waals surface area contributed by atoms with E-state index in [0.717, 1.165) is 49.1 Å². The number of fused-ring (bicyclic) bond motifs is 1. The number of aromatic nitrogens is 1. The molecule has 0 fully saturated rings. The maximum atomic E-state index is 5.78. The Bertz CT molecular complexity index is 570. The van der Waals surface area contributed by atoms with Crippen molar-refractivity contribution >= 4 is 11.3 Å². The summed E-state index contributed by atoms with van der Waals surface area (Å²) < 4.78 is 5.78. The SMILES string of the molecule is NCCc1nc(CN2CCOc3ccccc3C2)cs1. The van der Waals surface area contributed by atoms with E-state index in [1.807, 2.05) is 12.1 Å². The first kappa shape index (κ1) is 13.5. The number of benzene rings is 1. The Morgan fingerprint density at radius 1 is 1.35 bits per heavy atom. The third-order valence-corrected chi connectivity index (χ3v) is 4.33. The number of ether oxygens (including phenoxy) is 1. The zero-order valence-electron chi connectivity index (χ0n) is 11.4. The number of nitrogens with two attached hydrogens (primary N) is 1. The molecule has 2 heterocycles. The number of rotatable bonds is 4. The molecule has 3 rings (SSSR count). The van der Waals surface area contributed by atoms with E-state index in [1.54, 1.807) is 11.3 Å². The molecule has 0 radical (unpaired) electrons. The van der Waals surface area contributed by atoms with Crippen LogP contribution in [-0.4, -0.2) is 29.6 Å². The molecule has 20 heavy (non-hydrogen) atoms. The fourth-order valence-corrected chi connectivity index (χ4v) is 3.21. The molecule has 0 aliphatic carbocycles. The standard InChI is InChI=1S/C15H19N3OS/c16-6-5-15-17-13(11-20-15)10-18-7-8-19-14-4-2-1-3-12(14)9-18/h1-4,11H,5-10,16H2. The van der Waals surface area contributed by atoms with Crippen molar-refractivity contribution in [2.45, 2.75) is 19.5 Å². The number of para-hydroxylation sites is 1. The molecular weight excluding hydrogens is 270 g/mol. The van der Waals surface area contributed by atoms with Crippen LogP contribution in [0.2, 0.25) is 0 Å². The second-order valence-electron chi connectivity index (χ2n) is 4.94. The van der Waals surface area contributed by atoms with E-state index in [-0.39, 0.29) is 0 Å². The summed E-state index contributed by atoms with van der Waals surface area (Å²) >= 11 is 1.70. The summed E-state index contributed by atoms with van der Waals surface area (Å²) in [4.78, 5) is 7.02. The van der Waals surface area contributed by atoms with Gasteiger partial charge in [-0.15, -0.1) is 11.3 Å². The largest absolute Gasteiger partial charge is 0.492 e. The van der Waals surface area contributed by atoms with Crippen molar-refractivity contribution < 1.29 is 4.74 Å². The van der Waals surface area contributed by atoms with Gasteiger partial charge in [-0.05, 0) is 12.6 Å². The lowest BCUT2D eigenvalue weighted by Crippen LogP contribution is -2.25. The number of hydrogen-bond acceptors (Lipinski definition) is 5. The summed E-state index contributed by atoms with van der Waals surface area (Å²) in [5.74, 6) is 1.01. The molecule has 0 bridgehead atoms. The van der Waals surface area contributed by atoms with Gasteiger partial charge in [0.1, 0.15) is 12.4 Å². The van der Waals surface area contributed by atoms with Crippen LogP contribution >= 0.6 is 11.3 Å². The second-order valence-corrected chi connectivity index (χ2v) is 5.88. The fourth-order valence-electron chi connectivity index (χ4n) is 2.40. The van der Waals surface area contributed by atoms with E-state index in [2.05, 4.69) is 27.4 Å². The van der Waals surface area contributed by atoms with Gasteiger partial charge in [-0.1, -0.05) is 18.2 Å². The van der Waals surface area contributed by atoms with Crippen molar-refractivity contribution in [3.8, 4) is 5.75 Å². The summed E-state index contributed by atoms with van der Waals surface area (Å²) in [6, 6.07) is 8.26. The minimum absolute atomic E-state index is 0.665. The molecule has 1 aromatic carbocycles. The van der Waals surface area contributed by atoms with Gasteiger partial charge < -0.3 is 10.5 Å². The van der Waals surface area contributed by atoms with Gasteiger partial charge in [0, 0.05) is 37.0 Å². The van der Waals surface area contributed by atoms with Gasteiger partial charge in [0.25, 0.3) is 0 Å². The number of hydrogen-bond donors (Lipinski definition) is 1. The van der Waals surface area contributed by atoms with E-state index >= 15 is 0 Å². The van der Waals surface area contributed by atoms with Crippen LogP contribution in [0.1, 0.15) is 16.3 Å². The van der Waals surface area contributed by atoms with Crippen LogP contribution in [0, 0.1) is 0 Å². The molecule has 1 aromatic heterocycles. The molecule has 0 saturated heterocycles. The lowest BCUT2D eigenvalue weighted by molar-refractivity contribution is 0.218. The Balaban J connectivity index is 1.68. The first-order valence-corrected chi connectivity index (χ1v) is 7.79. The van der Waals surface area contributed by atoms with E-state index < -0.39 is 0 Å². The topological polar surface area (TPSA) is 51.4 Å². The first-order chi connectivity index (χ1) is 9.85. The van der Waals surface area contributed by atoms with Crippen molar-refractivity contribution in [3.05, 3.63) is 45.9 Å². The molecule has 106 valence electrons. The zero-order chi connectivity index (χ0) is 13.8. The summed E-state index contributed by atoms with van der Waals surface area (Å²) in [5, 5.41) is 3.27.